The van der Waals surface area contributed by atoms with Crippen LogP contribution in [-0.2, 0) is 6.54 Å². The largest absolute Gasteiger partial charge is 0.454 e. The first-order chi connectivity index (χ1) is 10.2. The number of hydrogen-bond acceptors (Lipinski definition) is 4. The SMILES string of the molecule is CCN(Cc1cc(Cl)c2c(c1)OCO2)C1CCCC1CN. The van der Waals surface area contributed by atoms with Gasteiger partial charge in [0.05, 0.1) is 5.02 Å². The Balaban J connectivity index is 1.76. The summed E-state index contributed by atoms with van der Waals surface area (Å²) in [4.78, 5) is 2.51. The first-order valence-electron chi connectivity index (χ1n) is 7.75. The molecule has 2 atom stereocenters. The van der Waals surface area contributed by atoms with E-state index in [0.29, 0.717) is 22.7 Å². The fraction of sp³-hybridized carbons (Fsp3) is 0.625. The minimum atomic E-state index is 0.258. The molecule has 5 heteroatoms. The van der Waals surface area contributed by atoms with Gasteiger partial charge in [-0.25, -0.2) is 0 Å². The third-order valence-corrected chi connectivity index (χ3v) is 4.95. The van der Waals surface area contributed by atoms with Gasteiger partial charge in [0.15, 0.2) is 11.5 Å². The molecule has 1 aliphatic carbocycles. The smallest absolute Gasteiger partial charge is 0.231 e. The maximum atomic E-state index is 6.27. The van der Waals surface area contributed by atoms with E-state index in [9.17, 15) is 0 Å². The van der Waals surface area contributed by atoms with Gasteiger partial charge in [-0.15, -0.1) is 0 Å². The minimum absolute atomic E-state index is 0.258. The highest BCUT2D eigenvalue weighted by Crippen LogP contribution is 2.40. The lowest BCUT2D eigenvalue weighted by Crippen LogP contribution is -2.39. The van der Waals surface area contributed by atoms with Crippen LogP contribution in [0.5, 0.6) is 11.5 Å². The number of halogens is 1. The topological polar surface area (TPSA) is 47.7 Å². The lowest BCUT2D eigenvalue weighted by molar-refractivity contribution is 0.161. The van der Waals surface area contributed by atoms with Gasteiger partial charge in [-0.1, -0.05) is 24.9 Å². The van der Waals surface area contributed by atoms with Gasteiger partial charge < -0.3 is 15.2 Å². The van der Waals surface area contributed by atoms with Gasteiger partial charge in [0, 0.05) is 12.6 Å². The second kappa shape index (κ2) is 6.42. The van der Waals surface area contributed by atoms with Crippen LogP contribution in [0.15, 0.2) is 12.1 Å². The van der Waals surface area contributed by atoms with Crippen LogP contribution in [-0.4, -0.2) is 30.8 Å². The molecule has 2 N–H and O–H groups in total. The summed E-state index contributed by atoms with van der Waals surface area (Å²) in [7, 11) is 0. The number of hydrogen-bond donors (Lipinski definition) is 1. The number of nitrogens with zero attached hydrogens (tertiary/aromatic N) is 1. The molecule has 0 spiro atoms. The Morgan fingerprint density at radius 3 is 2.95 bits per heavy atom. The fourth-order valence-corrected chi connectivity index (χ4v) is 3.87. The summed E-state index contributed by atoms with van der Waals surface area (Å²) >= 11 is 6.27. The van der Waals surface area contributed by atoms with Crippen LogP contribution in [0.4, 0.5) is 0 Å². The molecule has 0 radical (unpaired) electrons. The molecular weight excluding hydrogens is 288 g/mol. The van der Waals surface area contributed by atoms with Crippen molar-refractivity contribution in [3.63, 3.8) is 0 Å². The quantitative estimate of drug-likeness (QED) is 0.908. The monoisotopic (exact) mass is 310 g/mol. The van der Waals surface area contributed by atoms with E-state index in [4.69, 9.17) is 26.8 Å². The van der Waals surface area contributed by atoms with Crippen molar-refractivity contribution in [1.82, 2.24) is 4.90 Å². The van der Waals surface area contributed by atoms with Gasteiger partial charge >= 0.3 is 0 Å². The Kier molecular flexibility index (Phi) is 4.57. The third-order valence-electron chi connectivity index (χ3n) is 4.67. The van der Waals surface area contributed by atoms with Crippen molar-refractivity contribution in [2.24, 2.45) is 11.7 Å². The van der Waals surface area contributed by atoms with E-state index in [0.717, 1.165) is 25.4 Å². The van der Waals surface area contributed by atoms with Crippen molar-refractivity contribution in [3.05, 3.63) is 22.7 Å². The molecule has 0 saturated heterocycles. The van der Waals surface area contributed by atoms with E-state index in [1.54, 1.807) is 0 Å². The minimum Gasteiger partial charge on any atom is -0.454 e. The summed E-state index contributed by atoms with van der Waals surface area (Å²) in [5.74, 6) is 2.05. The van der Waals surface area contributed by atoms with E-state index < -0.39 is 0 Å². The maximum Gasteiger partial charge on any atom is 0.231 e. The normalized spacial score (nSPS) is 24.0. The van der Waals surface area contributed by atoms with E-state index in [2.05, 4.69) is 11.8 Å². The first-order valence-corrected chi connectivity index (χ1v) is 8.12. The van der Waals surface area contributed by atoms with Crippen LogP contribution < -0.4 is 15.2 Å². The lowest BCUT2D eigenvalue weighted by atomic mass is 10.0. The van der Waals surface area contributed by atoms with Crippen LogP contribution in [0.2, 0.25) is 5.02 Å². The van der Waals surface area contributed by atoms with Crippen molar-refractivity contribution in [1.29, 1.82) is 0 Å². The van der Waals surface area contributed by atoms with Gasteiger partial charge in [0.2, 0.25) is 6.79 Å². The lowest BCUT2D eigenvalue weighted by Gasteiger charge is -2.32. The summed E-state index contributed by atoms with van der Waals surface area (Å²) < 4.78 is 10.8. The van der Waals surface area contributed by atoms with Crippen LogP contribution in [0, 0.1) is 5.92 Å². The molecule has 4 nitrogen and oxygen atoms in total. The predicted octanol–water partition coefficient (Wildman–Crippen LogP) is 3.02. The Labute approximate surface area is 131 Å². The molecule has 0 aromatic heterocycles. The molecule has 2 unspecified atom stereocenters. The van der Waals surface area contributed by atoms with E-state index >= 15 is 0 Å². The standard InChI is InChI=1S/C16H23ClN2O2/c1-2-19(14-5-3-4-12(14)8-18)9-11-6-13(17)16-15(7-11)20-10-21-16/h6-7,12,14H,2-5,8-10,18H2,1H3. The highest BCUT2D eigenvalue weighted by Gasteiger charge is 2.30. The van der Waals surface area contributed by atoms with Crippen molar-refractivity contribution in [3.8, 4) is 11.5 Å². The second-order valence-electron chi connectivity index (χ2n) is 5.87. The molecule has 0 amide bonds. The van der Waals surface area contributed by atoms with E-state index in [1.807, 2.05) is 12.1 Å². The summed E-state index contributed by atoms with van der Waals surface area (Å²) in [6, 6.07) is 4.62. The molecule has 0 bridgehead atoms. The molecule has 1 saturated carbocycles. The van der Waals surface area contributed by atoms with Gasteiger partial charge in [0.25, 0.3) is 0 Å². The zero-order chi connectivity index (χ0) is 14.8. The van der Waals surface area contributed by atoms with Crippen molar-refractivity contribution >= 4 is 11.6 Å². The Morgan fingerprint density at radius 2 is 2.19 bits per heavy atom. The van der Waals surface area contributed by atoms with Crippen molar-refractivity contribution in [2.45, 2.75) is 38.8 Å². The van der Waals surface area contributed by atoms with Gasteiger partial charge in [-0.05, 0) is 49.5 Å². The number of nitrogens with two attached hydrogens (primary N) is 1. The molecular formula is C16H23ClN2O2. The molecule has 1 aliphatic heterocycles. The highest BCUT2D eigenvalue weighted by molar-refractivity contribution is 6.32. The van der Waals surface area contributed by atoms with Crippen LogP contribution in [0.3, 0.4) is 0 Å². The summed E-state index contributed by atoms with van der Waals surface area (Å²) in [6.07, 6.45) is 3.78. The Morgan fingerprint density at radius 1 is 1.33 bits per heavy atom. The third kappa shape index (κ3) is 2.98. The Hall–Kier alpha value is -0.970. The summed E-state index contributed by atoms with van der Waals surface area (Å²) in [5.41, 5.74) is 7.10. The molecule has 2 aliphatic rings. The molecule has 21 heavy (non-hydrogen) atoms. The molecule has 1 aromatic rings. The van der Waals surface area contributed by atoms with Gasteiger partial charge in [-0.3, -0.25) is 4.90 Å². The number of ether oxygens (including phenoxy) is 2. The number of rotatable bonds is 5. The highest BCUT2D eigenvalue weighted by atomic mass is 35.5. The van der Waals surface area contributed by atoms with Gasteiger partial charge in [0.1, 0.15) is 0 Å². The predicted molar refractivity (Wildman–Crippen MR) is 83.8 cm³/mol. The number of fused-ring (bicyclic) bond motifs is 1. The zero-order valence-electron chi connectivity index (χ0n) is 12.5. The van der Waals surface area contributed by atoms with Crippen LogP contribution >= 0.6 is 11.6 Å². The van der Waals surface area contributed by atoms with Crippen LogP contribution in [0.25, 0.3) is 0 Å². The first kappa shape index (κ1) is 14.9. The average molecular weight is 311 g/mol. The van der Waals surface area contributed by atoms with Crippen molar-refractivity contribution < 1.29 is 9.47 Å². The Bertz CT molecular complexity index is 509. The van der Waals surface area contributed by atoms with Gasteiger partial charge in [-0.2, -0.15) is 0 Å². The van der Waals surface area contributed by atoms with Crippen molar-refractivity contribution in [2.75, 3.05) is 19.9 Å². The zero-order valence-corrected chi connectivity index (χ0v) is 13.2. The second-order valence-corrected chi connectivity index (χ2v) is 6.28. The van der Waals surface area contributed by atoms with Crippen LogP contribution in [0.1, 0.15) is 31.7 Å². The average Bonchev–Trinajstić information content (AvgIpc) is 3.13. The molecule has 116 valence electrons. The molecule has 1 fully saturated rings. The summed E-state index contributed by atoms with van der Waals surface area (Å²) in [6.45, 7) is 5.15. The van der Waals surface area contributed by atoms with E-state index in [1.165, 1.54) is 24.8 Å². The molecule has 3 rings (SSSR count). The summed E-state index contributed by atoms with van der Waals surface area (Å²) in [5, 5.41) is 0.637. The fourth-order valence-electron chi connectivity index (χ4n) is 3.58. The molecule has 1 heterocycles. The molecule has 1 aromatic carbocycles. The van der Waals surface area contributed by atoms with E-state index in [-0.39, 0.29) is 6.79 Å². The maximum absolute atomic E-state index is 6.27. The number of benzene rings is 1.